The fourth-order valence-corrected chi connectivity index (χ4v) is 3.74. The zero-order valence-corrected chi connectivity index (χ0v) is 15.1. The molecule has 0 saturated carbocycles. The molecule has 0 saturated heterocycles. The minimum Gasteiger partial charge on any atom is -0.495 e. The molecule has 2 aromatic heterocycles. The summed E-state index contributed by atoms with van der Waals surface area (Å²) in [4.78, 5) is 30.7. The highest BCUT2D eigenvalue weighted by molar-refractivity contribution is 7.20. The van der Waals surface area contributed by atoms with Crippen LogP contribution in [0.1, 0.15) is 28.6 Å². The Bertz CT molecular complexity index is 991. The van der Waals surface area contributed by atoms with Crippen LogP contribution in [-0.4, -0.2) is 22.6 Å². The van der Waals surface area contributed by atoms with Gasteiger partial charge in [-0.3, -0.25) is 14.2 Å². The molecule has 7 heteroatoms. The lowest BCUT2D eigenvalue weighted by molar-refractivity contribution is 0.102. The second-order valence-corrected chi connectivity index (χ2v) is 6.63. The van der Waals surface area contributed by atoms with E-state index in [1.54, 1.807) is 37.1 Å². The number of para-hydroxylation sites is 2. The standard InChI is InChI=1S/C18H19N3O3S/c1-4-9-21-10-19-17-14(18(21)23)11(2)15(25-17)16(22)20-12-7-5-6-8-13(12)24-3/h5-8,10H,4,9H2,1-3H3,(H,20,22). The maximum Gasteiger partial charge on any atom is 0.266 e. The fraction of sp³-hybridized carbons (Fsp3) is 0.278. The molecule has 0 fully saturated rings. The summed E-state index contributed by atoms with van der Waals surface area (Å²) in [5.41, 5.74) is 1.15. The lowest BCUT2D eigenvalue weighted by atomic mass is 10.2. The SMILES string of the molecule is CCCn1cnc2sc(C(=O)Nc3ccccc3OC)c(C)c2c1=O. The second kappa shape index (κ2) is 7.06. The Morgan fingerprint density at radius 3 is 2.84 bits per heavy atom. The predicted molar refractivity (Wildman–Crippen MR) is 99.9 cm³/mol. The zero-order valence-electron chi connectivity index (χ0n) is 14.3. The van der Waals surface area contributed by atoms with Gasteiger partial charge < -0.3 is 10.1 Å². The maximum absolute atomic E-state index is 12.7. The van der Waals surface area contributed by atoms with Crippen molar-refractivity contribution >= 4 is 33.1 Å². The number of fused-ring (bicyclic) bond motifs is 1. The Kier molecular flexibility index (Phi) is 4.85. The zero-order chi connectivity index (χ0) is 18.0. The Labute approximate surface area is 149 Å². The van der Waals surface area contributed by atoms with Gasteiger partial charge >= 0.3 is 0 Å². The highest BCUT2D eigenvalue weighted by Gasteiger charge is 2.20. The topological polar surface area (TPSA) is 73.2 Å². The van der Waals surface area contributed by atoms with Gasteiger partial charge in [0.15, 0.2) is 0 Å². The van der Waals surface area contributed by atoms with E-state index >= 15 is 0 Å². The highest BCUT2D eigenvalue weighted by Crippen LogP contribution is 2.29. The molecular formula is C18H19N3O3S. The number of benzene rings is 1. The van der Waals surface area contributed by atoms with Gasteiger partial charge in [-0.15, -0.1) is 11.3 Å². The van der Waals surface area contributed by atoms with Crippen molar-refractivity contribution in [3.05, 3.63) is 51.4 Å². The minimum atomic E-state index is -0.272. The van der Waals surface area contributed by atoms with Gasteiger partial charge in [0.2, 0.25) is 0 Å². The third-order valence-electron chi connectivity index (χ3n) is 3.94. The van der Waals surface area contributed by atoms with E-state index in [1.165, 1.54) is 11.3 Å². The molecule has 0 radical (unpaired) electrons. The van der Waals surface area contributed by atoms with Crippen LogP contribution in [0, 0.1) is 6.92 Å². The van der Waals surface area contributed by atoms with Gasteiger partial charge in [0.1, 0.15) is 10.6 Å². The van der Waals surface area contributed by atoms with Crippen LogP contribution in [0.4, 0.5) is 5.69 Å². The Morgan fingerprint density at radius 1 is 1.36 bits per heavy atom. The summed E-state index contributed by atoms with van der Waals surface area (Å²) < 4.78 is 6.84. The first-order valence-electron chi connectivity index (χ1n) is 7.99. The molecule has 0 aliphatic carbocycles. The van der Waals surface area contributed by atoms with Gasteiger partial charge in [0, 0.05) is 6.54 Å². The Morgan fingerprint density at radius 2 is 2.12 bits per heavy atom. The van der Waals surface area contributed by atoms with Gasteiger partial charge in [-0.2, -0.15) is 0 Å². The summed E-state index contributed by atoms with van der Waals surface area (Å²) in [5, 5.41) is 3.37. The molecule has 1 N–H and O–H groups in total. The molecule has 0 bridgehead atoms. The van der Waals surface area contributed by atoms with E-state index in [9.17, 15) is 9.59 Å². The van der Waals surface area contributed by atoms with Crippen molar-refractivity contribution in [1.29, 1.82) is 0 Å². The van der Waals surface area contributed by atoms with E-state index in [-0.39, 0.29) is 11.5 Å². The number of amides is 1. The highest BCUT2D eigenvalue weighted by atomic mass is 32.1. The molecule has 3 aromatic rings. The number of aromatic nitrogens is 2. The maximum atomic E-state index is 12.7. The second-order valence-electron chi connectivity index (χ2n) is 5.63. The van der Waals surface area contributed by atoms with E-state index in [2.05, 4.69) is 10.3 Å². The monoisotopic (exact) mass is 357 g/mol. The van der Waals surface area contributed by atoms with E-state index in [4.69, 9.17) is 4.74 Å². The normalized spacial score (nSPS) is 10.8. The predicted octanol–water partition coefficient (Wildman–Crippen LogP) is 3.44. The number of methoxy groups -OCH3 is 1. The number of nitrogens with zero attached hydrogens (tertiary/aromatic N) is 2. The third kappa shape index (κ3) is 3.15. The molecule has 130 valence electrons. The molecule has 0 aliphatic heterocycles. The number of anilines is 1. The van der Waals surface area contributed by atoms with Crippen molar-refractivity contribution in [2.45, 2.75) is 26.8 Å². The average Bonchev–Trinajstić information content (AvgIpc) is 2.95. The number of thiophene rings is 1. The van der Waals surface area contributed by atoms with Crippen LogP contribution in [0.2, 0.25) is 0 Å². The number of nitrogens with one attached hydrogen (secondary N) is 1. The van der Waals surface area contributed by atoms with Crippen LogP contribution in [-0.2, 0) is 6.54 Å². The van der Waals surface area contributed by atoms with Gasteiger partial charge in [0.05, 0.1) is 29.4 Å². The first kappa shape index (κ1) is 17.2. The summed E-state index contributed by atoms with van der Waals surface area (Å²) in [7, 11) is 1.55. The van der Waals surface area contributed by atoms with Crippen molar-refractivity contribution < 1.29 is 9.53 Å². The summed E-state index contributed by atoms with van der Waals surface area (Å²) in [6.07, 6.45) is 2.39. The number of rotatable bonds is 5. The van der Waals surface area contributed by atoms with Gasteiger partial charge in [-0.25, -0.2) is 4.98 Å². The number of carbonyl (C=O) groups excluding carboxylic acids is 1. The first-order chi connectivity index (χ1) is 12.1. The molecule has 0 unspecified atom stereocenters. The Hall–Kier alpha value is -2.67. The van der Waals surface area contributed by atoms with E-state index in [0.717, 1.165) is 6.42 Å². The molecule has 0 atom stereocenters. The van der Waals surface area contributed by atoms with Crippen LogP contribution >= 0.6 is 11.3 Å². The van der Waals surface area contributed by atoms with Crippen molar-refractivity contribution in [2.24, 2.45) is 0 Å². The number of hydrogen-bond donors (Lipinski definition) is 1. The van der Waals surface area contributed by atoms with Crippen LogP contribution < -0.4 is 15.6 Å². The molecule has 0 spiro atoms. The quantitative estimate of drug-likeness (QED) is 0.759. The van der Waals surface area contributed by atoms with Gasteiger partial charge in [0.25, 0.3) is 11.5 Å². The fourth-order valence-electron chi connectivity index (χ4n) is 2.70. The summed E-state index contributed by atoms with van der Waals surface area (Å²) >= 11 is 1.23. The van der Waals surface area contributed by atoms with Crippen molar-refractivity contribution in [3.8, 4) is 5.75 Å². The van der Waals surface area contributed by atoms with Crippen molar-refractivity contribution in [2.75, 3.05) is 12.4 Å². The molecule has 1 aromatic carbocycles. The molecule has 3 rings (SSSR count). The van der Waals surface area contributed by atoms with E-state index in [0.29, 0.717) is 38.6 Å². The molecule has 6 nitrogen and oxygen atoms in total. The van der Waals surface area contributed by atoms with Gasteiger partial charge in [-0.1, -0.05) is 19.1 Å². The van der Waals surface area contributed by atoms with Gasteiger partial charge in [-0.05, 0) is 31.0 Å². The van der Waals surface area contributed by atoms with Crippen LogP contribution in [0.5, 0.6) is 5.75 Å². The smallest absolute Gasteiger partial charge is 0.266 e. The molecule has 0 aliphatic rings. The van der Waals surface area contributed by atoms with E-state index in [1.807, 2.05) is 19.1 Å². The summed E-state index contributed by atoms with van der Waals surface area (Å²) in [6, 6.07) is 7.20. The number of ether oxygens (including phenoxy) is 1. The summed E-state index contributed by atoms with van der Waals surface area (Å²) in [6.45, 7) is 4.40. The van der Waals surface area contributed by atoms with Crippen molar-refractivity contribution in [1.82, 2.24) is 9.55 Å². The Balaban J connectivity index is 2.01. The molecular weight excluding hydrogens is 338 g/mol. The first-order valence-corrected chi connectivity index (χ1v) is 8.81. The molecule has 2 heterocycles. The van der Waals surface area contributed by atoms with Crippen LogP contribution in [0.15, 0.2) is 35.4 Å². The minimum absolute atomic E-state index is 0.100. The largest absolute Gasteiger partial charge is 0.495 e. The molecule has 1 amide bonds. The lowest BCUT2D eigenvalue weighted by Crippen LogP contribution is -2.20. The number of aryl methyl sites for hydroxylation is 2. The number of hydrogen-bond acceptors (Lipinski definition) is 5. The lowest BCUT2D eigenvalue weighted by Gasteiger charge is -2.09. The average molecular weight is 357 g/mol. The summed E-state index contributed by atoms with van der Waals surface area (Å²) in [5.74, 6) is 0.310. The third-order valence-corrected chi connectivity index (χ3v) is 5.14. The van der Waals surface area contributed by atoms with Crippen LogP contribution in [0.3, 0.4) is 0 Å². The van der Waals surface area contributed by atoms with Crippen molar-refractivity contribution in [3.63, 3.8) is 0 Å². The van der Waals surface area contributed by atoms with E-state index < -0.39 is 0 Å². The van der Waals surface area contributed by atoms with Crippen LogP contribution in [0.25, 0.3) is 10.2 Å². The molecule has 25 heavy (non-hydrogen) atoms. The number of carbonyl (C=O) groups is 1.